The summed E-state index contributed by atoms with van der Waals surface area (Å²) < 4.78 is 7.23. The number of aromatic nitrogens is 4. The lowest BCUT2D eigenvalue weighted by Gasteiger charge is -2.10. The van der Waals surface area contributed by atoms with Crippen LogP contribution in [0.25, 0.3) is 16.7 Å². The second-order valence-electron chi connectivity index (χ2n) is 7.51. The lowest BCUT2D eigenvalue weighted by molar-refractivity contribution is 0.559. The third kappa shape index (κ3) is 3.35. The van der Waals surface area contributed by atoms with E-state index in [0.29, 0.717) is 16.5 Å². The lowest BCUT2D eigenvalue weighted by Crippen LogP contribution is -2.03. The molecule has 2 heterocycles. The summed E-state index contributed by atoms with van der Waals surface area (Å²) in [6.07, 6.45) is 3.30. The number of nitrogens with zero attached hydrogens (tertiary/aromatic N) is 4. The second kappa shape index (κ2) is 7.15. The molecule has 6 nitrogen and oxygen atoms in total. The maximum atomic E-state index is 12.1. The van der Waals surface area contributed by atoms with Crippen molar-refractivity contribution in [2.24, 2.45) is 0 Å². The Hall–Kier alpha value is -2.93. The SMILES string of the molecule is Cc1ccc(-n2nnnc2SCc2cc(=O)oc3cc4c(cc23)CCC4)c(C)c1. The highest BCUT2D eigenvalue weighted by atomic mass is 32.2. The zero-order valence-corrected chi connectivity index (χ0v) is 17.1. The van der Waals surface area contributed by atoms with Crippen molar-refractivity contribution in [2.75, 3.05) is 0 Å². The summed E-state index contributed by atoms with van der Waals surface area (Å²) in [5.74, 6) is 0.589. The molecule has 0 aliphatic heterocycles. The molecule has 0 bridgehead atoms. The van der Waals surface area contributed by atoms with Crippen molar-refractivity contribution in [3.8, 4) is 5.69 Å². The van der Waals surface area contributed by atoms with Crippen LogP contribution in [-0.2, 0) is 18.6 Å². The van der Waals surface area contributed by atoms with Crippen LogP contribution < -0.4 is 5.63 Å². The van der Waals surface area contributed by atoms with Crippen LogP contribution in [0.4, 0.5) is 0 Å². The van der Waals surface area contributed by atoms with Gasteiger partial charge in [0.1, 0.15) is 5.58 Å². The minimum Gasteiger partial charge on any atom is -0.423 e. The first kappa shape index (κ1) is 18.1. The summed E-state index contributed by atoms with van der Waals surface area (Å²) in [5.41, 5.74) is 7.22. The highest BCUT2D eigenvalue weighted by Crippen LogP contribution is 2.31. The van der Waals surface area contributed by atoms with Crippen LogP contribution in [0.15, 0.2) is 50.8 Å². The fraction of sp³-hybridized carbons (Fsp3) is 0.273. The van der Waals surface area contributed by atoms with Gasteiger partial charge in [0.25, 0.3) is 0 Å². The molecule has 0 amide bonds. The maximum Gasteiger partial charge on any atom is 0.336 e. The molecule has 2 aromatic carbocycles. The first-order chi connectivity index (χ1) is 14.1. The van der Waals surface area contributed by atoms with Crippen LogP contribution in [0.1, 0.15) is 34.2 Å². The first-order valence-corrected chi connectivity index (χ1v) is 10.6. The Morgan fingerprint density at radius 1 is 1.10 bits per heavy atom. The van der Waals surface area contributed by atoms with Crippen molar-refractivity contribution in [3.05, 3.63) is 74.6 Å². The summed E-state index contributed by atoms with van der Waals surface area (Å²) >= 11 is 1.52. The van der Waals surface area contributed by atoms with E-state index in [2.05, 4.69) is 47.6 Å². The molecule has 0 radical (unpaired) electrons. The Labute approximate surface area is 171 Å². The molecule has 29 heavy (non-hydrogen) atoms. The quantitative estimate of drug-likeness (QED) is 0.375. The van der Waals surface area contributed by atoms with Gasteiger partial charge in [0, 0.05) is 17.2 Å². The van der Waals surface area contributed by atoms with Gasteiger partial charge in [0.2, 0.25) is 5.16 Å². The van der Waals surface area contributed by atoms with Gasteiger partial charge < -0.3 is 4.42 Å². The molecule has 7 heteroatoms. The normalized spacial score (nSPS) is 13.2. The molecular weight excluding hydrogens is 384 g/mol. The summed E-state index contributed by atoms with van der Waals surface area (Å²) in [6.45, 7) is 4.11. The van der Waals surface area contributed by atoms with Crippen LogP contribution in [0, 0.1) is 13.8 Å². The van der Waals surface area contributed by atoms with E-state index in [9.17, 15) is 4.79 Å². The largest absolute Gasteiger partial charge is 0.423 e. The predicted octanol–water partition coefficient (Wildman–Crippen LogP) is 4.17. The molecule has 0 unspecified atom stereocenters. The maximum absolute atomic E-state index is 12.1. The number of fused-ring (bicyclic) bond motifs is 2. The Kier molecular flexibility index (Phi) is 4.47. The predicted molar refractivity (Wildman–Crippen MR) is 113 cm³/mol. The molecule has 0 saturated carbocycles. The van der Waals surface area contributed by atoms with Gasteiger partial charge in [-0.3, -0.25) is 0 Å². The van der Waals surface area contributed by atoms with Gasteiger partial charge in [-0.25, -0.2) is 4.79 Å². The van der Waals surface area contributed by atoms with Crippen molar-refractivity contribution in [1.82, 2.24) is 20.2 Å². The fourth-order valence-corrected chi connectivity index (χ4v) is 4.89. The smallest absolute Gasteiger partial charge is 0.336 e. The Bertz CT molecular complexity index is 1290. The number of aryl methyl sites for hydroxylation is 4. The average molecular weight is 404 g/mol. The standard InChI is InChI=1S/C22H20N4O2S/c1-13-6-7-19(14(2)8-13)26-22(23-24-25-26)29-12-17-11-21(27)28-20-10-16-5-3-4-15(16)9-18(17)20/h6-11H,3-5,12H2,1-2H3. The van der Waals surface area contributed by atoms with E-state index in [1.165, 1.54) is 28.5 Å². The number of rotatable bonds is 4. The van der Waals surface area contributed by atoms with Crippen molar-refractivity contribution < 1.29 is 4.42 Å². The number of hydrogen-bond donors (Lipinski definition) is 0. The van der Waals surface area contributed by atoms with Crippen molar-refractivity contribution in [3.63, 3.8) is 0 Å². The topological polar surface area (TPSA) is 73.8 Å². The average Bonchev–Trinajstić information content (AvgIpc) is 3.33. The third-order valence-corrected chi connectivity index (χ3v) is 6.39. The van der Waals surface area contributed by atoms with E-state index in [0.717, 1.165) is 41.5 Å². The fourth-order valence-electron chi connectivity index (χ4n) is 4.02. The zero-order valence-electron chi connectivity index (χ0n) is 16.3. The number of tetrazole rings is 1. The van der Waals surface area contributed by atoms with Crippen molar-refractivity contribution in [1.29, 1.82) is 0 Å². The summed E-state index contributed by atoms with van der Waals surface area (Å²) in [4.78, 5) is 12.1. The van der Waals surface area contributed by atoms with Gasteiger partial charge in [0.05, 0.1) is 5.69 Å². The molecule has 5 rings (SSSR count). The van der Waals surface area contributed by atoms with Crippen LogP contribution >= 0.6 is 11.8 Å². The molecule has 1 aliphatic carbocycles. The van der Waals surface area contributed by atoms with Crippen molar-refractivity contribution >= 4 is 22.7 Å². The van der Waals surface area contributed by atoms with E-state index in [1.807, 2.05) is 12.1 Å². The van der Waals surface area contributed by atoms with Gasteiger partial charge in [-0.2, -0.15) is 4.68 Å². The van der Waals surface area contributed by atoms with E-state index in [1.54, 1.807) is 10.7 Å². The molecule has 146 valence electrons. The lowest BCUT2D eigenvalue weighted by atomic mass is 10.0. The Balaban J connectivity index is 1.49. The van der Waals surface area contributed by atoms with Gasteiger partial charge in [-0.05, 0) is 84.0 Å². The minimum atomic E-state index is -0.319. The molecule has 0 saturated heterocycles. The second-order valence-corrected chi connectivity index (χ2v) is 8.46. The van der Waals surface area contributed by atoms with E-state index in [4.69, 9.17) is 4.42 Å². The molecule has 1 aliphatic rings. The van der Waals surface area contributed by atoms with Crippen LogP contribution in [0.5, 0.6) is 0 Å². The molecule has 0 fully saturated rings. The van der Waals surface area contributed by atoms with E-state index < -0.39 is 0 Å². The first-order valence-electron chi connectivity index (χ1n) is 9.66. The molecular formula is C22H20N4O2S. The van der Waals surface area contributed by atoms with Crippen molar-refractivity contribution in [2.45, 2.75) is 44.0 Å². The zero-order chi connectivity index (χ0) is 20.0. The highest BCUT2D eigenvalue weighted by Gasteiger charge is 2.17. The Morgan fingerprint density at radius 3 is 2.76 bits per heavy atom. The van der Waals surface area contributed by atoms with Crippen LogP contribution in [-0.4, -0.2) is 20.2 Å². The van der Waals surface area contributed by atoms with Gasteiger partial charge in [-0.15, -0.1) is 5.10 Å². The molecule has 0 spiro atoms. The molecule has 4 aromatic rings. The van der Waals surface area contributed by atoms with E-state index >= 15 is 0 Å². The highest BCUT2D eigenvalue weighted by molar-refractivity contribution is 7.98. The molecule has 0 atom stereocenters. The summed E-state index contributed by atoms with van der Waals surface area (Å²) in [7, 11) is 0. The van der Waals surface area contributed by atoms with Gasteiger partial charge in [-0.1, -0.05) is 29.5 Å². The number of thioether (sulfide) groups is 1. The minimum absolute atomic E-state index is 0.319. The molecule has 0 N–H and O–H groups in total. The summed E-state index contributed by atoms with van der Waals surface area (Å²) in [5, 5.41) is 13.9. The third-order valence-electron chi connectivity index (χ3n) is 5.42. The summed E-state index contributed by atoms with van der Waals surface area (Å²) in [6, 6.07) is 12.0. The molecule has 2 aromatic heterocycles. The van der Waals surface area contributed by atoms with Gasteiger partial charge >= 0.3 is 5.63 Å². The monoisotopic (exact) mass is 404 g/mol. The van der Waals surface area contributed by atoms with E-state index in [-0.39, 0.29) is 5.63 Å². The number of hydrogen-bond acceptors (Lipinski definition) is 6. The van der Waals surface area contributed by atoms with Crippen LogP contribution in [0.2, 0.25) is 0 Å². The van der Waals surface area contributed by atoms with Crippen LogP contribution in [0.3, 0.4) is 0 Å². The number of benzene rings is 2. The Morgan fingerprint density at radius 2 is 1.93 bits per heavy atom. The van der Waals surface area contributed by atoms with Gasteiger partial charge in [0.15, 0.2) is 0 Å².